The molecule has 2 aliphatic rings. The van der Waals surface area contributed by atoms with E-state index in [0.717, 1.165) is 21.9 Å². The van der Waals surface area contributed by atoms with Crippen molar-refractivity contribution in [1.29, 1.82) is 0 Å². The molecule has 0 radical (unpaired) electrons. The smallest absolute Gasteiger partial charge is 0.310 e. The Labute approximate surface area is 181 Å². The maximum atomic E-state index is 12.9. The van der Waals surface area contributed by atoms with Gasteiger partial charge in [-0.05, 0) is 28.3 Å². The number of benzene rings is 2. The number of fused-ring (bicyclic) bond motifs is 2. The SMILES string of the molecule is O=C(Cc1cccc2ccccc12)OCCN1C(=O)C=C/C=C\C2=CC(CC=C2)C1=O. The topological polar surface area (TPSA) is 63.7 Å². The van der Waals surface area contributed by atoms with Gasteiger partial charge in [0.1, 0.15) is 6.61 Å². The van der Waals surface area contributed by atoms with Gasteiger partial charge in [-0.15, -0.1) is 0 Å². The maximum absolute atomic E-state index is 12.9. The normalized spacial score (nSPS) is 19.3. The van der Waals surface area contributed by atoms with Gasteiger partial charge < -0.3 is 4.74 Å². The molecule has 0 saturated heterocycles. The zero-order chi connectivity index (χ0) is 21.6. The summed E-state index contributed by atoms with van der Waals surface area (Å²) in [7, 11) is 0. The lowest BCUT2D eigenvalue weighted by Crippen LogP contribution is -2.42. The molecular weight excluding hydrogens is 390 g/mol. The first-order valence-corrected chi connectivity index (χ1v) is 10.3. The fourth-order valence-corrected chi connectivity index (χ4v) is 3.82. The number of carbonyl (C=O) groups excluding carboxylic acids is 3. The number of ether oxygens (including phenoxy) is 1. The molecule has 1 aliphatic heterocycles. The quantitative estimate of drug-likeness (QED) is 0.551. The Morgan fingerprint density at radius 2 is 1.81 bits per heavy atom. The van der Waals surface area contributed by atoms with Crippen LogP contribution in [0.4, 0.5) is 0 Å². The van der Waals surface area contributed by atoms with Gasteiger partial charge in [0.2, 0.25) is 5.91 Å². The highest BCUT2D eigenvalue weighted by atomic mass is 16.5. The van der Waals surface area contributed by atoms with E-state index in [1.165, 1.54) is 11.0 Å². The summed E-state index contributed by atoms with van der Waals surface area (Å²) in [5.41, 5.74) is 1.82. The fourth-order valence-electron chi connectivity index (χ4n) is 3.82. The van der Waals surface area contributed by atoms with Gasteiger partial charge in [0.15, 0.2) is 0 Å². The van der Waals surface area contributed by atoms with Crippen molar-refractivity contribution in [3.8, 4) is 0 Å². The van der Waals surface area contributed by atoms with Crippen LogP contribution in [0.1, 0.15) is 12.0 Å². The minimum absolute atomic E-state index is 0.0242. The fraction of sp³-hybridized carbons (Fsp3) is 0.192. The minimum atomic E-state index is -0.411. The maximum Gasteiger partial charge on any atom is 0.310 e. The highest BCUT2D eigenvalue weighted by Crippen LogP contribution is 2.22. The summed E-state index contributed by atoms with van der Waals surface area (Å²) >= 11 is 0. The van der Waals surface area contributed by atoms with Crippen molar-refractivity contribution >= 4 is 28.6 Å². The van der Waals surface area contributed by atoms with E-state index in [1.807, 2.05) is 66.8 Å². The first-order valence-electron chi connectivity index (χ1n) is 10.3. The predicted molar refractivity (Wildman–Crippen MR) is 119 cm³/mol. The Bertz CT molecular complexity index is 1130. The summed E-state index contributed by atoms with van der Waals surface area (Å²) in [4.78, 5) is 39.0. The van der Waals surface area contributed by atoms with Crippen LogP contribution in [0.2, 0.25) is 0 Å². The third kappa shape index (κ3) is 4.89. The Balaban J connectivity index is 1.40. The van der Waals surface area contributed by atoms with Crippen LogP contribution in [0.5, 0.6) is 0 Å². The molecule has 31 heavy (non-hydrogen) atoms. The highest BCUT2D eigenvalue weighted by molar-refractivity contribution is 6.02. The molecule has 0 spiro atoms. The number of imide groups is 1. The second kappa shape index (κ2) is 9.39. The van der Waals surface area contributed by atoms with E-state index in [2.05, 4.69) is 0 Å². The summed E-state index contributed by atoms with van der Waals surface area (Å²) < 4.78 is 5.37. The number of rotatable bonds is 5. The lowest BCUT2D eigenvalue weighted by atomic mass is 9.94. The molecule has 156 valence electrons. The van der Waals surface area contributed by atoms with Crippen LogP contribution in [0.15, 0.2) is 90.6 Å². The number of hydrogen-bond donors (Lipinski definition) is 0. The summed E-state index contributed by atoms with van der Waals surface area (Å²) in [5, 5.41) is 2.07. The first kappa shape index (κ1) is 20.5. The molecule has 1 atom stereocenters. The van der Waals surface area contributed by atoms with Crippen molar-refractivity contribution in [2.75, 3.05) is 13.2 Å². The van der Waals surface area contributed by atoms with E-state index in [4.69, 9.17) is 4.74 Å². The van der Waals surface area contributed by atoms with Crippen molar-refractivity contribution in [3.05, 3.63) is 96.1 Å². The van der Waals surface area contributed by atoms with Gasteiger partial charge in [-0.3, -0.25) is 19.3 Å². The number of carbonyl (C=O) groups is 3. The number of hydrogen-bond acceptors (Lipinski definition) is 4. The van der Waals surface area contributed by atoms with Gasteiger partial charge in [0.25, 0.3) is 5.91 Å². The van der Waals surface area contributed by atoms with E-state index < -0.39 is 17.8 Å². The molecule has 1 aliphatic carbocycles. The van der Waals surface area contributed by atoms with Crippen LogP contribution in [-0.4, -0.2) is 35.8 Å². The van der Waals surface area contributed by atoms with Crippen LogP contribution >= 0.6 is 0 Å². The molecule has 5 heteroatoms. The van der Waals surface area contributed by atoms with Gasteiger partial charge in [-0.2, -0.15) is 0 Å². The van der Waals surface area contributed by atoms with E-state index in [-0.39, 0.29) is 25.5 Å². The lowest BCUT2D eigenvalue weighted by molar-refractivity contribution is -0.150. The second-order valence-corrected chi connectivity index (χ2v) is 7.49. The minimum Gasteiger partial charge on any atom is -0.464 e. The molecule has 2 aromatic carbocycles. The molecule has 1 heterocycles. The van der Waals surface area contributed by atoms with Crippen molar-refractivity contribution in [2.24, 2.45) is 5.92 Å². The average molecular weight is 413 g/mol. The summed E-state index contributed by atoms with van der Waals surface area (Å²) in [6.45, 7) is -0.0136. The Kier molecular flexibility index (Phi) is 6.22. The zero-order valence-electron chi connectivity index (χ0n) is 17.1. The van der Waals surface area contributed by atoms with Crippen LogP contribution in [0.3, 0.4) is 0 Å². The highest BCUT2D eigenvalue weighted by Gasteiger charge is 2.27. The van der Waals surface area contributed by atoms with Crippen LogP contribution < -0.4 is 0 Å². The predicted octanol–water partition coefficient (Wildman–Crippen LogP) is 3.91. The molecule has 5 nitrogen and oxygen atoms in total. The number of amides is 2. The molecule has 1 unspecified atom stereocenters. The van der Waals surface area contributed by atoms with E-state index in [9.17, 15) is 14.4 Å². The molecular formula is C26H23NO4. The monoisotopic (exact) mass is 413 g/mol. The van der Waals surface area contributed by atoms with E-state index in [0.29, 0.717) is 6.42 Å². The van der Waals surface area contributed by atoms with Crippen molar-refractivity contribution in [3.63, 3.8) is 0 Å². The summed E-state index contributed by atoms with van der Waals surface area (Å²) in [5.74, 6) is -1.48. The van der Waals surface area contributed by atoms with Crippen LogP contribution in [0, 0.1) is 5.92 Å². The molecule has 0 fully saturated rings. The van der Waals surface area contributed by atoms with Gasteiger partial charge in [0, 0.05) is 6.08 Å². The van der Waals surface area contributed by atoms with E-state index >= 15 is 0 Å². The molecule has 0 aromatic heterocycles. The number of allylic oxidation sites excluding steroid dienone is 6. The van der Waals surface area contributed by atoms with Gasteiger partial charge in [-0.25, -0.2) is 0 Å². The second-order valence-electron chi connectivity index (χ2n) is 7.49. The molecule has 2 aromatic rings. The largest absolute Gasteiger partial charge is 0.464 e. The third-order valence-electron chi connectivity index (χ3n) is 5.37. The summed E-state index contributed by atoms with van der Waals surface area (Å²) in [6, 6.07) is 13.7. The summed E-state index contributed by atoms with van der Waals surface area (Å²) in [6.07, 6.45) is 13.0. The molecule has 0 saturated carbocycles. The lowest BCUT2D eigenvalue weighted by Gasteiger charge is -2.24. The van der Waals surface area contributed by atoms with E-state index in [1.54, 1.807) is 12.2 Å². The van der Waals surface area contributed by atoms with Gasteiger partial charge in [0.05, 0.1) is 18.9 Å². The molecule has 4 rings (SSSR count). The standard InChI is InChI=1S/C26H23NO4/c28-24-14-4-1-7-19-8-5-12-22(17-19)26(30)27(24)15-16-31-25(29)18-21-11-6-10-20-9-2-3-13-23(20)21/h1-11,13-14,17,22H,12,15-16,18H2/b7-1-,14-4?. The van der Waals surface area contributed by atoms with Gasteiger partial charge in [-0.1, -0.05) is 78.9 Å². The molecule has 2 bridgehead atoms. The Morgan fingerprint density at radius 1 is 1.00 bits per heavy atom. The zero-order valence-corrected chi connectivity index (χ0v) is 17.1. The van der Waals surface area contributed by atoms with Gasteiger partial charge >= 0.3 is 5.97 Å². The molecule has 2 amide bonds. The van der Waals surface area contributed by atoms with Crippen molar-refractivity contribution in [2.45, 2.75) is 12.8 Å². The number of esters is 1. The van der Waals surface area contributed by atoms with Crippen molar-refractivity contribution in [1.82, 2.24) is 4.90 Å². The Hall–Kier alpha value is -3.73. The number of nitrogens with zero attached hydrogens (tertiary/aromatic N) is 1. The van der Waals surface area contributed by atoms with Crippen molar-refractivity contribution < 1.29 is 19.1 Å². The van der Waals surface area contributed by atoms with Crippen LogP contribution in [-0.2, 0) is 25.5 Å². The first-order chi connectivity index (χ1) is 15.1. The third-order valence-corrected chi connectivity index (χ3v) is 5.37. The van der Waals surface area contributed by atoms with Crippen LogP contribution in [0.25, 0.3) is 10.8 Å². The Morgan fingerprint density at radius 3 is 2.71 bits per heavy atom. The molecule has 0 N–H and O–H groups in total. The average Bonchev–Trinajstić information content (AvgIpc) is 2.79.